The van der Waals surface area contributed by atoms with Crippen LogP contribution in [0.25, 0.3) is 0 Å². The number of hydrogen-bond acceptors (Lipinski definition) is 2. The summed E-state index contributed by atoms with van der Waals surface area (Å²) in [6, 6.07) is 0. The zero-order valence-corrected chi connectivity index (χ0v) is 8.33. The van der Waals surface area contributed by atoms with Crippen molar-refractivity contribution >= 4 is 0 Å². The van der Waals surface area contributed by atoms with Gasteiger partial charge < -0.3 is 10.6 Å². The van der Waals surface area contributed by atoms with Crippen LogP contribution in [0.1, 0.15) is 33.1 Å². The van der Waals surface area contributed by atoms with E-state index in [9.17, 15) is 0 Å². The van der Waals surface area contributed by atoms with Crippen LogP contribution in [0.5, 0.6) is 0 Å². The second-order valence-electron chi connectivity index (χ2n) is 3.09. The highest BCUT2D eigenvalue weighted by Gasteiger charge is 2.22. The molecule has 68 valence electrons. The summed E-state index contributed by atoms with van der Waals surface area (Å²) in [5.74, 6) is 0. The van der Waals surface area contributed by atoms with Crippen molar-refractivity contribution in [2.75, 3.05) is 20.6 Å². The molecule has 0 radical (unpaired) electrons. The largest absolute Gasteiger partial charge is 0.320 e. The van der Waals surface area contributed by atoms with Crippen molar-refractivity contribution in [2.24, 2.45) is 0 Å². The van der Waals surface area contributed by atoms with E-state index in [0.29, 0.717) is 5.54 Å². The zero-order chi connectivity index (χ0) is 8.74. The van der Waals surface area contributed by atoms with Crippen LogP contribution in [-0.4, -0.2) is 26.2 Å². The van der Waals surface area contributed by atoms with Crippen LogP contribution in [0.15, 0.2) is 0 Å². The summed E-state index contributed by atoms with van der Waals surface area (Å²) in [4.78, 5) is 0. The molecule has 0 aliphatic heterocycles. The van der Waals surface area contributed by atoms with Gasteiger partial charge in [-0.05, 0) is 39.9 Å². The van der Waals surface area contributed by atoms with Crippen LogP contribution >= 0.6 is 0 Å². The first-order valence-corrected chi connectivity index (χ1v) is 4.58. The first-order chi connectivity index (χ1) is 5.24. The van der Waals surface area contributed by atoms with Gasteiger partial charge in [-0.2, -0.15) is 0 Å². The number of rotatable bonds is 6. The highest BCUT2D eigenvalue weighted by Crippen LogP contribution is 2.17. The second kappa shape index (κ2) is 5.56. The van der Waals surface area contributed by atoms with E-state index in [0.717, 1.165) is 6.54 Å². The van der Waals surface area contributed by atoms with Crippen molar-refractivity contribution in [3.63, 3.8) is 0 Å². The van der Waals surface area contributed by atoms with Crippen molar-refractivity contribution in [3.05, 3.63) is 0 Å². The minimum absolute atomic E-state index is 0.364. The Balaban J connectivity index is 3.84. The van der Waals surface area contributed by atoms with Crippen molar-refractivity contribution in [1.29, 1.82) is 0 Å². The molecule has 2 heteroatoms. The summed E-state index contributed by atoms with van der Waals surface area (Å²) in [5, 5.41) is 6.60. The van der Waals surface area contributed by atoms with Gasteiger partial charge in [-0.1, -0.05) is 13.8 Å². The number of nitrogens with one attached hydrogen (secondary N) is 2. The highest BCUT2D eigenvalue weighted by molar-refractivity contribution is 4.83. The molecule has 0 aliphatic carbocycles. The standard InChI is InChI=1S/C9H22N2/c1-5-9(6-2,11-4)7-8-10-3/h10-11H,5-8H2,1-4H3. The molecule has 0 aromatic rings. The maximum absolute atomic E-state index is 3.41. The van der Waals surface area contributed by atoms with Gasteiger partial charge in [-0.15, -0.1) is 0 Å². The molecule has 0 saturated heterocycles. The summed E-state index contributed by atoms with van der Waals surface area (Å²) in [5.41, 5.74) is 0.364. The molecule has 11 heavy (non-hydrogen) atoms. The van der Waals surface area contributed by atoms with Gasteiger partial charge in [0.15, 0.2) is 0 Å². The molecule has 0 rings (SSSR count). The molecular weight excluding hydrogens is 136 g/mol. The molecule has 0 unspecified atom stereocenters. The first kappa shape index (κ1) is 10.9. The lowest BCUT2D eigenvalue weighted by Crippen LogP contribution is -2.43. The maximum atomic E-state index is 3.41. The van der Waals surface area contributed by atoms with Gasteiger partial charge in [0, 0.05) is 5.54 Å². The van der Waals surface area contributed by atoms with Gasteiger partial charge in [-0.25, -0.2) is 0 Å². The van der Waals surface area contributed by atoms with Crippen molar-refractivity contribution in [2.45, 2.75) is 38.6 Å². The molecule has 0 aromatic carbocycles. The minimum atomic E-state index is 0.364. The Morgan fingerprint density at radius 1 is 1.09 bits per heavy atom. The summed E-state index contributed by atoms with van der Waals surface area (Å²) >= 11 is 0. The lowest BCUT2D eigenvalue weighted by Gasteiger charge is -2.31. The Hall–Kier alpha value is -0.0800. The molecule has 0 amide bonds. The molecule has 0 aromatic heterocycles. The van der Waals surface area contributed by atoms with Gasteiger partial charge in [0.05, 0.1) is 0 Å². The lowest BCUT2D eigenvalue weighted by molar-refractivity contribution is 0.299. The average Bonchev–Trinajstić information content (AvgIpc) is 2.08. The van der Waals surface area contributed by atoms with Crippen LogP contribution in [0.3, 0.4) is 0 Å². The van der Waals surface area contributed by atoms with E-state index >= 15 is 0 Å². The van der Waals surface area contributed by atoms with Gasteiger partial charge in [0.25, 0.3) is 0 Å². The fourth-order valence-corrected chi connectivity index (χ4v) is 1.45. The Morgan fingerprint density at radius 2 is 1.64 bits per heavy atom. The topological polar surface area (TPSA) is 24.1 Å². The van der Waals surface area contributed by atoms with E-state index in [1.165, 1.54) is 19.3 Å². The molecule has 0 saturated carbocycles. The second-order valence-corrected chi connectivity index (χ2v) is 3.09. The SMILES string of the molecule is CCC(CC)(CCNC)NC. The Kier molecular flexibility index (Phi) is 5.51. The smallest absolute Gasteiger partial charge is 0.0185 e. The van der Waals surface area contributed by atoms with E-state index in [4.69, 9.17) is 0 Å². The fourth-order valence-electron chi connectivity index (χ4n) is 1.45. The van der Waals surface area contributed by atoms with Crippen LogP contribution in [0, 0.1) is 0 Å². The number of hydrogen-bond donors (Lipinski definition) is 2. The van der Waals surface area contributed by atoms with Crippen LogP contribution in [0.4, 0.5) is 0 Å². The molecule has 0 atom stereocenters. The molecule has 0 heterocycles. The van der Waals surface area contributed by atoms with E-state index in [1.807, 2.05) is 7.05 Å². The predicted octanol–water partition coefficient (Wildman–Crippen LogP) is 1.37. The fraction of sp³-hybridized carbons (Fsp3) is 1.00. The zero-order valence-electron chi connectivity index (χ0n) is 8.33. The third kappa shape index (κ3) is 3.21. The van der Waals surface area contributed by atoms with E-state index in [2.05, 4.69) is 31.5 Å². The maximum Gasteiger partial charge on any atom is 0.0185 e. The van der Waals surface area contributed by atoms with Crippen LogP contribution in [0.2, 0.25) is 0 Å². The van der Waals surface area contributed by atoms with E-state index in [1.54, 1.807) is 0 Å². The molecule has 0 aliphatic rings. The highest BCUT2D eigenvalue weighted by atomic mass is 14.9. The summed E-state index contributed by atoms with van der Waals surface area (Å²) in [7, 11) is 4.06. The van der Waals surface area contributed by atoms with Gasteiger partial charge >= 0.3 is 0 Å². The average molecular weight is 158 g/mol. The monoisotopic (exact) mass is 158 g/mol. The molecular formula is C9H22N2. The van der Waals surface area contributed by atoms with Gasteiger partial charge in [-0.3, -0.25) is 0 Å². The van der Waals surface area contributed by atoms with Crippen molar-refractivity contribution in [3.8, 4) is 0 Å². The third-order valence-electron chi connectivity index (χ3n) is 2.74. The van der Waals surface area contributed by atoms with Crippen LogP contribution < -0.4 is 10.6 Å². The van der Waals surface area contributed by atoms with Gasteiger partial charge in [0.1, 0.15) is 0 Å². The Labute approximate surface area is 70.8 Å². The van der Waals surface area contributed by atoms with Gasteiger partial charge in [0.2, 0.25) is 0 Å². The minimum Gasteiger partial charge on any atom is -0.320 e. The van der Waals surface area contributed by atoms with Crippen molar-refractivity contribution < 1.29 is 0 Å². The summed E-state index contributed by atoms with van der Waals surface area (Å²) in [6.45, 7) is 5.59. The van der Waals surface area contributed by atoms with Crippen LogP contribution in [-0.2, 0) is 0 Å². The molecule has 2 N–H and O–H groups in total. The summed E-state index contributed by atoms with van der Waals surface area (Å²) < 4.78 is 0. The quantitative estimate of drug-likeness (QED) is 0.610. The van der Waals surface area contributed by atoms with E-state index < -0.39 is 0 Å². The van der Waals surface area contributed by atoms with Crippen molar-refractivity contribution in [1.82, 2.24) is 10.6 Å². The normalized spacial score (nSPS) is 12.0. The first-order valence-electron chi connectivity index (χ1n) is 4.58. The molecule has 2 nitrogen and oxygen atoms in total. The molecule has 0 bridgehead atoms. The molecule has 0 fully saturated rings. The summed E-state index contributed by atoms with van der Waals surface area (Å²) in [6.07, 6.45) is 3.64. The molecule has 0 spiro atoms. The van der Waals surface area contributed by atoms with E-state index in [-0.39, 0.29) is 0 Å². The third-order valence-corrected chi connectivity index (χ3v) is 2.74. The Bertz CT molecular complexity index is 79.3. The lowest BCUT2D eigenvalue weighted by atomic mass is 9.89. The Morgan fingerprint density at radius 3 is 1.91 bits per heavy atom. The predicted molar refractivity (Wildman–Crippen MR) is 50.9 cm³/mol.